The van der Waals surface area contributed by atoms with E-state index in [9.17, 15) is 14.7 Å². The first-order chi connectivity index (χ1) is 8.82. The number of carbonyl (C=O) groups excluding carboxylic acids is 2. The maximum atomic E-state index is 11.7. The van der Waals surface area contributed by atoms with Gasteiger partial charge in [0.15, 0.2) is 0 Å². The predicted octanol–water partition coefficient (Wildman–Crippen LogP) is 2.42. The quantitative estimate of drug-likeness (QED) is 0.508. The summed E-state index contributed by atoms with van der Waals surface area (Å²) in [6.45, 7) is 8.01. The van der Waals surface area contributed by atoms with Crippen LogP contribution in [0.5, 0.6) is 0 Å². The van der Waals surface area contributed by atoms with E-state index in [1.165, 1.54) is 0 Å². The van der Waals surface area contributed by atoms with Gasteiger partial charge in [-0.25, -0.2) is 0 Å². The van der Waals surface area contributed by atoms with E-state index >= 15 is 0 Å². The Labute approximate surface area is 136 Å². The summed E-state index contributed by atoms with van der Waals surface area (Å²) in [6.07, 6.45) is 0. The molecule has 5 nitrogen and oxygen atoms in total. The molecular weight excluding hydrogens is 396 g/mol. The first-order valence-electron chi connectivity index (χ1n) is 6.15. The monoisotopic (exact) mass is 416 g/mol. The van der Waals surface area contributed by atoms with Crippen LogP contribution >= 0.6 is 31.9 Å². The van der Waals surface area contributed by atoms with E-state index in [0.717, 1.165) is 0 Å². The number of alkyl halides is 2. The number of aliphatic hydroxyl groups excluding tert-OH is 1. The van der Waals surface area contributed by atoms with Crippen molar-refractivity contribution in [2.24, 2.45) is 5.41 Å². The van der Waals surface area contributed by atoms with Gasteiger partial charge in [0.05, 0.1) is 12.0 Å². The molecule has 0 aliphatic heterocycles. The second kappa shape index (κ2) is 7.22. The molecule has 7 heteroatoms. The third-order valence-electron chi connectivity index (χ3n) is 2.46. The van der Waals surface area contributed by atoms with Crippen molar-refractivity contribution in [3.8, 4) is 0 Å². The van der Waals surface area contributed by atoms with Crippen LogP contribution in [-0.2, 0) is 19.1 Å². The SMILES string of the molecule is CC(CO)(COC(=O)C(C)(C)Br)COC(=O)C(C)(C)Br. The second-order valence-electron chi connectivity index (χ2n) is 6.07. The molecule has 0 fully saturated rings. The van der Waals surface area contributed by atoms with Crippen molar-refractivity contribution in [2.75, 3.05) is 19.8 Å². The average Bonchev–Trinajstić information content (AvgIpc) is 2.30. The molecular formula is C13H22Br2O5. The summed E-state index contributed by atoms with van der Waals surface area (Å²) in [5, 5.41) is 9.41. The number of hydrogen-bond donors (Lipinski definition) is 1. The molecule has 118 valence electrons. The fourth-order valence-electron chi connectivity index (χ4n) is 0.956. The zero-order chi connectivity index (χ0) is 16.2. The summed E-state index contributed by atoms with van der Waals surface area (Å²) in [5.74, 6) is -0.881. The highest BCUT2D eigenvalue weighted by Crippen LogP contribution is 2.24. The van der Waals surface area contributed by atoms with Gasteiger partial charge in [-0.1, -0.05) is 38.8 Å². The van der Waals surface area contributed by atoms with E-state index in [0.29, 0.717) is 0 Å². The van der Waals surface area contributed by atoms with Crippen molar-refractivity contribution in [3.63, 3.8) is 0 Å². The Balaban J connectivity index is 4.49. The van der Waals surface area contributed by atoms with Gasteiger partial charge in [0.1, 0.15) is 21.9 Å². The molecule has 0 bridgehead atoms. The molecule has 0 spiro atoms. The van der Waals surface area contributed by atoms with Crippen molar-refractivity contribution >= 4 is 43.8 Å². The molecule has 0 aromatic heterocycles. The van der Waals surface area contributed by atoms with Crippen molar-refractivity contribution in [2.45, 2.75) is 43.3 Å². The largest absolute Gasteiger partial charge is 0.464 e. The van der Waals surface area contributed by atoms with E-state index in [1.807, 2.05) is 0 Å². The zero-order valence-corrected chi connectivity index (χ0v) is 15.6. The smallest absolute Gasteiger partial charge is 0.322 e. The van der Waals surface area contributed by atoms with E-state index in [1.54, 1.807) is 34.6 Å². The van der Waals surface area contributed by atoms with E-state index in [2.05, 4.69) is 31.9 Å². The maximum absolute atomic E-state index is 11.7. The van der Waals surface area contributed by atoms with E-state index < -0.39 is 26.0 Å². The van der Waals surface area contributed by atoms with E-state index in [-0.39, 0.29) is 19.8 Å². The third kappa shape index (κ3) is 7.04. The Bertz CT molecular complexity index is 325. The van der Waals surface area contributed by atoms with Crippen LogP contribution in [-0.4, -0.2) is 45.5 Å². The summed E-state index contributed by atoms with van der Waals surface area (Å²) in [4.78, 5) is 23.3. The third-order valence-corrected chi connectivity index (χ3v) is 3.10. The lowest BCUT2D eigenvalue weighted by Gasteiger charge is -2.28. The molecule has 0 saturated carbocycles. The Morgan fingerprint density at radius 1 is 0.900 bits per heavy atom. The van der Waals surface area contributed by atoms with Gasteiger partial charge in [-0.15, -0.1) is 0 Å². The molecule has 0 unspecified atom stereocenters. The van der Waals surface area contributed by atoms with Crippen LogP contribution in [0.2, 0.25) is 0 Å². The van der Waals surface area contributed by atoms with Crippen molar-refractivity contribution in [1.82, 2.24) is 0 Å². The van der Waals surface area contributed by atoms with Gasteiger partial charge in [-0.05, 0) is 27.7 Å². The van der Waals surface area contributed by atoms with Gasteiger partial charge in [0.2, 0.25) is 0 Å². The number of halogens is 2. The topological polar surface area (TPSA) is 72.8 Å². The number of ether oxygens (including phenoxy) is 2. The van der Waals surface area contributed by atoms with E-state index in [4.69, 9.17) is 9.47 Å². The fraction of sp³-hybridized carbons (Fsp3) is 0.846. The number of hydrogen-bond acceptors (Lipinski definition) is 5. The highest BCUT2D eigenvalue weighted by molar-refractivity contribution is 9.10. The Kier molecular flexibility index (Phi) is 7.17. The molecule has 0 rings (SSSR count). The summed E-state index contributed by atoms with van der Waals surface area (Å²) in [6, 6.07) is 0. The minimum Gasteiger partial charge on any atom is -0.464 e. The zero-order valence-electron chi connectivity index (χ0n) is 12.5. The Morgan fingerprint density at radius 3 is 1.40 bits per heavy atom. The summed E-state index contributed by atoms with van der Waals surface area (Å²) < 4.78 is 8.68. The van der Waals surface area contributed by atoms with Gasteiger partial charge < -0.3 is 14.6 Å². The van der Waals surface area contributed by atoms with Crippen LogP contribution in [0.1, 0.15) is 34.6 Å². The molecule has 0 radical (unpaired) electrons. The lowest BCUT2D eigenvalue weighted by molar-refractivity contribution is -0.157. The summed E-state index contributed by atoms with van der Waals surface area (Å²) >= 11 is 6.39. The summed E-state index contributed by atoms with van der Waals surface area (Å²) in [5.41, 5.74) is -0.832. The molecule has 0 heterocycles. The number of aliphatic hydroxyl groups is 1. The number of esters is 2. The normalized spacial score (nSPS) is 13.0. The lowest BCUT2D eigenvalue weighted by atomic mass is 9.94. The van der Waals surface area contributed by atoms with Crippen LogP contribution in [0.15, 0.2) is 0 Å². The Hall–Kier alpha value is -0.140. The van der Waals surface area contributed by atoms with Crippen molar-refractivity contribution in [3.05, 3.63) is 0 Å². The van der Waals surface area contributed by atoms with Gasteiger partial charge >= 0.3 is 11.9 Å². The minimum atomic E-state index is -0.832. The highest BCUT2D eigenvalue weighted by Gasteiger charge is 2.33. The lowest BCUT2D eigenvalue weighted by Crippen LogP contribution is -2.39. The second-order valence-corrected chi connectivity index (χ2v) is 10.0. The van der Waals surface area contributed by atoms with Crippen LogP contribution in [0.25, 0.3) is 0 Å². The van der Waals surface area contributed by atoms with Crippen molar-refractivity contribution in [1.29, 1.82) is 0 Å². The van der Waals surface area contributed by atoms with Gasteiger partial charge in [-0.2, -0.15) is 0 Å². The van der Waals surface area contributed by atoms with Crippen molar-refractivity contribution < 1.29 is 24.2 Å². The first-order valence-corrected chi connectivity index (χ1v) is 7.73. The molecule has 1 N–H and O–H groups in total. The number of carbonyl (C=O) groups is 2. The highest BCUT2D eigenvalue weighted by atomic mass is 79.9. The van der Waals surface area contributed by atoms with Crippen LogP contribution in [0.4, 0.5) is 0 Å². The molecule has 20 heavy (non-hydrogen) atoms. The summed E-state index contributed by atoms with van der Waals surface area (Å²) in [7, 11) is 0. The van der Waals surface area contributed by atoms with Crippen LogP contribution in [0, 0.1) is 5.41 Å². The maximum Gasteiger partial charge on any atom is 0.322 e. The Morgan fingerprint density at radius 2 is 1.20 bits per heavy atom. The van der Waals surface area contributed by atoms with Gasteiger partial charge in [0, 0.05) is 0 Å². The average molecular weight is 418 g/mol. The molecule has 0 atom stereocenters. The van der Waals surface area contributed by atoms with Gasteiger partial charge in [0.25, 0.3) is 0 Å². The molecule has 0 amide bonds. The standard InChI is InChI=1S/C13H22Br2O5/c1-11(2,14)9(17)19-7-13(5,6-16)8-20-10(18)12(3,4)15/h16H,6-8H2,1-5H3. The number of rotatable bonds is 7. The first kappa shape index (κ1) is 19.9. The van der Waals surface area contributed by atoms with Crippen LogP contribution in [0.3, 0.4) is 0 Å². The molecule has 0 saturated heterocycles. The van der Waals surface area contributed by atoms with Gasteiger partial charge in [-0.3, -0.25) is 9.59 Å². The minimum absolute atomic E-state index is 0.0344. The molecule has 0 aliphatic carbocycles. The molecule has 0 aliphatic rings. The molecule has 0 aromatic rings. The fourth-order valence-corrected chi connectivity index (χ4v) is 1.18. The molecule has 0 aromatic carbocycles. The predicted molar refractivity (Wildman–Crippen MR) is 83.1 cm³/mol. The van der Waals surface area contributed by atoms with Crippen LogP contribution < -0.4 is 0 Å².